The van der Waals surface area contributed by atoms with Gasteiger partial charge in [-0.05, 0) is 64.0 Å². The minimum atomic E-state index is 0.398. The third-order valence-electron chi connectivity index (χ3n) is 4.47. The largest absolute Gasteiger partial charge is 0.497 e. The highest BCUT2D eigenvalue weighted by molar-refractivity contribution is 5.28. The zero-order chi connectivity index (χ0) is 14.4. The van der Waals surface area contributed by atoms with Gasteiger partial charge in [-0.2, -0.15) is 0 Å². The first-order valence-electron chi connectivity index (χ1n) is 7.78. The van der Waals surface area contributed by atoms with E-state index in [4.69, 9.17) is 4.74 Å². The van der Waals surface area contributed by atoms with Crippen molar-refractivity contribution >= 4 is 0 Å². The first-order valence-corrected chi connectivity index (χ1v) is 7.78. The molecule has 1 aliphatic rings. The minimum Gasteiger partial charge on any atom is -0.497 e. The quantitative estimate of drug-likeness (QED) is 0.863. The van der Waals surface area contributed by atoms with Crippen LogP contribution in [0.15, 0.2) is 24.3 Å². The fourth-order valence-corrected chi connectivity index (χ4v) is 2.99. The van der Waals surface area contributed by atoms with E-state index in [0.29, 0.717) is 6.04 Å². The molecule has 1 aromatic rings. The summed E-state index contributed by atoms with van der Waals surface area (Å²) in [6, 6.07) is 9.51. The average Bonchev–Trinajstić information content (AvgIpc) is 2.49. The first kappa shape index (κ1) is 15.3. The number of hydrogen-bond donors (Lipinski definition) is 1. The molecule has 0 radical (unpaired) electrons. The van der Waals surface area contributed by atoms with E-state index in [1.54, 1.807) is 7.11 Å². The summed E-state index contributed by atoms with van der Waals surface area (Å²) in [6.45, 7) is 4.58. The highest BCUT2D eigenvalue weighted by Crippen LogP contribution is 2.19. The number of methoxy groups -OCH3 is 1. The molecule has 2 rings (SSSR count). The Balaban J connectivity index is 1.75. The van der Waals surface area contributed by atoms with Crippen LogP contribution in [0, 0.1) is 0 Å². The van der Waals surface area contributed by atoms with Crippen LogP contribution in [0.5, 0.6) is 5.75 Å². The number of rotatable bonds is 6. The molecule has 0 aromatic heterocycles. The Morgan fingerprint density at radius 3 is 2.70 bits per heavy atom. The van der Waals surface area contributed by atoms with Crippen molar-refractivity contribution in [1.82, 2.24) is 10.2 Å². The number of hydrogen-bond acceptors (Lipinski definition) is 3. The summed E-state index contributed by atoms with van der Waals surface area (Å²) in [5.41, 5.74) is 1.32. The number of likely N-dealkylation sites (tertiary alicyclic amines) is 1. The second kappa shape index (κ2) is 7.65. The zero-order valence-corrected chi connectivity index (χ0v) is 13.1. The summed E-state index contributed by atoms with van der Waals surface area (Å²) in [7, 11) is 3.97. The van der Waals surface area contributed by atoms with E-state index in [-0.39, 0.29) is 0 Å². The normalized spacial score (nSPS) is 21.6. The maximum Gasteiger partial charge on any atom is 0.118 e. The van der Waals surface area contributed by atoms with Crippen LogP contribution in [0.25, 0.3) is 0 Å². The lowest BCUT2D eigenvalue weighted by molar-refractivity contribution is 0.174. The predicted molar refractivity (Wildman–Crippen MR) is 84.3 cm³/mol. The van der Waals surface area contributed by atoms with Gasteiger partial charge in [-0.15, -0.1) is 0 Å². The van der Waals surface area contributed by atoms with Crippen molar-refractivity contribution in [2.45, 2.75) is 44.7 Å². The molecule has 20 heavy (non-hydrogen) atoms. The zero-order valence-electron chi connectivity index (χ0n) is 13.1. The molecule has 1 aromatic carbocycles. The van der Waals surface area contributed by atoms with E-state index in [1.807, 2.05) is 12.1 Å². The third-order valence-corrected chi connectivity index (χ3v) is 4.47. The summed E-state index contributed by atoms with van der Waals surface area (Å²) in [5.74, 6) is 0.921. The third kappa shape index (κ3) is 4.22. The van der Waals surface area contributed by atoms with Crippen molar-refractivity contribution in [3.05, 3.63) is 29.8 Å². The maximum atomic E-state index is 5.20. The average molecular weight is 276 g/mol. The standard InChI is InChI=1S/C17H28N2O/c1-14(15-7-9-17(20-3)10-8-15)18-12-11-16-6-4-5-13-19(16)2/h7-10,14,16,18H,4-6,11-13H2,1-3H3/t14-,16?/m1/s1. The molecule has 1 fully saturated rings. The van der Waals surface area contributed by atoms with Crippen LogP contribution in [0.3, 0.4) is 0 Å². The number of nitrogens with zero attached hydrogens (tertiary/aromatic N) is 1. The van der Waals surface area contributed by atoms with Crippen LogP contribution >= 0.6 is 0 Å². The molecule has 1 unspecified atom stereocenters. The highest BCUT2D eigenvalue weighted by atomic mass is 16.5. The number of piperidine rings is 1. The Hall–Kier alpha value is -1.06. The van der Waals surface area contributed by atoms with Crippen molar-refractivity contribution in [2.24, 2.45) is 0 Å². The molecule has 0 amide bonds. The smallest absolute Gasteiger partial charge is 0.118 e. The molecule has 1 N–H and O–H groups in total. The van der Waals surface area contributed by atoms with Crippen molar-refractivity contribution in [1.29, 1.82) is 0 Å². The fraction of sp³-hybridized carbons (Fsp3) is 0.647. The van der Waals surface area contributed by atoms with E-state index in [9.17, 15) is 0 Å². The molecule has 0 saturated carbocycles. The maximum absolute atomic E-state index is 5.20. The first-order chi connectivity index (χ1) is 9.70. The summed E-state index contributed by atoms with van der Waals surface area (Å²) in [4.78, 5) is 2.52. The molecule has 0 spiro atoms. The number of benzene rings is 1. The minimum absolute atomic E-state index is 0.398. The number of nitrogens with one attached hydrogen (secondary N) is 1. The van der Waals surface area contributed by atoms with Crippen molar-refractivity contribution in [3.63, 3.8) is 0 Å². The van der Waals surface area contributed by atoms with Crippen LogP contribution < -0.4 is 10.1 Å². The molecule has 3 nitrogen and oxygen atoms in total. The van der Waals surface area contributed by atoms with Gasteiger partial charge in [0.15, 0.2) is 0 Å². The Morgan fingerprint density at radius 2 is 2.05 bits per heavy atom. The molecule has 0 bridgehead atoms. The lowest BCUT2D eigenvalue weighted by atomic mass is 10.00. The van der Waals surface area contributed by atoms with E-state index < -0.39 is 0 Å². The molecular formula is C17H28N2O. The van der Waals surface area contributed by atoms with Crippen LogP contribution in [0.1, 0.15) is 44.2 Å². The van der Waals surface area contributed by atoms with Gasteiger partial charge in [-0.3, -0.25) is 0 Å². The molecule has 112 valence electrons. The fourth-order valence-electron chi connectivity index (χ4n) is 2.99. The molecule has 0 aliphatic carbocycles. The van der Waals surface area contributed by atoms with Crippen LogP contribution in [0.4, 0.5) is 0 Å². The molecule has 1 saturated heterocycles. The summed E-state index contributed by atoms with van der Waals surface area (Å²) in [6.07, 6.45) is 5.36. The van der Waals surface area contributed by atoms with E-state index in [1.165, 1.54) is 37.8 Å². The van der Waals surface area contributed by atoms with Crippen molar-refractivity contribution in [3.8, 4) is 5.75 Å². The molecule has 1 heterocycles. The predicted octanol–water partition coefficient (Wildman–Crippen LogP) is 3.22. The van der Waals surface area contributed by atoms with Gasteiger partial charge in [-0.25, -0.2) is 0 Å². The lowest BCUT2D eigenvalue weighted by Crippen LogP contribution is -2.38. The summed E-state index contributed by atoms with van der Waals surface area (Å²) >= 11 is 0. The Kier molecular flexibility index (Phi) is 5.86. The van der Waals surface area contributed by atoms with Gasteiger partial charge < -0.3 is 15.0 Å². The van der Waals surface area contributed by atoms with Gasteiger partial charge in [0.05, 0.1) is 7.11 Å². The van der Waals surface area contributed by atoms with Crippen molar-refractivity contribution in [2.75, 3.05) is 27.2 Å². The van der Waals surface area contributed by atoms with Gasteiger partial charge in [0.2, 0.25) is 0 Å². The summed E-state index contributed by atoms with van der Waals surface area (Å²) < 4.78 is 5.20. The van der Waals surface area contributed by atoms with Crippen LogP contribution in [-0.4, -0.2) is 38.2 Å². The van der Waals surface area contributed by atoms with Gasteiger partial charge in [0, 0.05) is 12.1 Å². The van der Waals surface area contributed by atoms with Gasteiger partial charge in [-0.1, -0.05) is 18.6 Å². The SMILES string of the molecule is COc1ccc([C@@H](C)NCCC2CCCCN2C)cc1. The molecule has 2 atom stereocenters. The van der Waals surface area contributed by atoms with Crippen molar-refractivity contribution < 1.29 is 4.74 Å². The second-order valence-corrected chi connectivity index (χ2v) is 5.87. The van der Waals surface area contributed by atoms with Gasteiger partial charge in [0.25, 0.3) is 0 Å². The number of ether oxygens (including phenoxy) is 1. The monoisotopic (exact) mass is 276 g/mol. The van der Waals surface area contributed by atoms with E-state index in [2.05, 4.69) is 36.3 Å². The Labute approximate surface area is 123 Å². The van der Waals surface area contributed by atoms with E-state index in [0.717, 1.165) is 18.3 Å². The van der Waals surface area contributed by atoms with Gasteiger partial charge in [0.1, 0.15) is 5.75 Å². The second-order valence-electron chi connectivity index (χ2n) is 5.87. The van der Waals surface area contributed by atoms with E-state index >= 15 is 0 Å². The topological polar surface area (TPSA) is 24.5 Å². The Morgan fingerprint density at radius 1 is 1.30 bits per heavy atom. The lowest BCUT2D eigenvalue weighted by Gasteiger charge is -2.32. The van der Waals surface area contributed by atoms with Gasteiger partial charge >= 0.3 is 0 Å². The van der Waals surface area contributed by atoms with Crippen LogP contribution in [0.2, 0.25) is 0 Å². The molecule has 1 aliphatic heterocycles. The van der Waals surface area contributed by atoms with Crippen LogP contribution in [-0.2, 0) is 0 Å². The highest BCUT2D eigenvalue weighted by Gasteiger charge is 2.18. The molecule has 3 heteroatoms. The molecular weight excluding hydrogens is 248 g/mol. The summed E-state index contributed by atoms with van der Waals surface area (Å²) in [5, 5.41) is 3.64. The Bertz CT molecular complexity index is 390.